The van der Waals surface area contributed by atoms with Crippen molar-refractivity contribution in [1.29, 1.82) is 0 Å². The maximum Gasteiger partial charge on any atom is 0.302 e. The number of rotatable bonds is 1. The van der Waals surface area contributed by atoms with E-state index in [1.807, 2.05) is 0 Å². The van der Waals surface area contributed by atoms with Crippen LogP contribution in [0.2, 0.25) is 0 Å². The van der Waals surface area contributed by atoms with Crippen molar-refractivity contribution in [2.75, 3.05) is 13.6 Å². The van der Waals surface area contributed by atoms with Gasteiger partial charge >= 0.3 is 5.97 Å². The fourth-order valence-electron chi connectivity index (χ4n) is 3.23. The fourth-order valence-corrected chi connectivity index (χ4v) is 3.23. The van der Waals surface area contributed by atoms with Crippen LogP contribution in [0.15, 0.2) is 0 Å². The molecule has 1 aliphatic heterocycles. The molecule has 0 amide bonds. The van der Waals surface area contributed by atoms with Crippen LogP contribution in [0.5, 0.6) is 0 Å². The maximum absolute atomic E-state index is 11.0. The van der Waals surface area contributed by atoms with E-state index in [4.69, 9.17) is 4.74 Å². The normalized spacial score (nSPS) is 37.1. The Labute approximate surface area is 91.8 Å². The number of nitrogens with zero attached hydrogens (tertiary/aromatic N) is 1. The van der Waals surface area contributed by atoms with Crippen molar-refractivity contribution < 1.29 is 9.53 Å². The third-order valence-corrected chi connectivity index (χ3v) is 3.89. The van der Waals surface area contributed by atoms with Gasteiger partial charge in [-0.15, -0.1) is 0 Å². The molecule has 3 nitrogen and oxygen atoms in total. The summed E-state index contributed by atoms with van der Waals surface area (Å²) in [6, 6.07) is 0.650. The highest BCUT2D eigenvalue weighted by molar-refractivity contribution is 5.66. The van der Waals surface area contributed by atoms with Crippen molar-refractivity contribution in [3.63, 3.8) is 0 Å². The predicted octanol–water partition coefficient (Wildman–Crippen LogP) is 1.81. The van der Waals surface area contributed by atoms with Gasteiger partial charge in [0.2, 0.25) is 0 Å². The number of ether oxygens (including phenoxy) is 1. The van der Waals surface area contributed by atoms with E-state index in [-0.39, 0.29) is 12.1 Å². The van der Waals surface area contributed by atoms with Gasteiger partial charge in [-0.1, -0.05) is 0 Å². The first-order valence-electron chi connectivity index (χ1n) is 6.06. The Kier molecular flexibility index (Phi) is 3.29. The molecule has 15 heavy (non-hydrogen) atoms. The van der Waals surface area contributed by atoms with E-state index in [1.165, 1.54) is 39.2 Å². The average Bonchev–Trinajstić information content (AvgIpc) is 2.19. The van der Waals surface area contributed by atoms with E-state index in [0.29, 0.717) is 12.0 Å². The maximum atomic E-state index is 11.0. The molecule has 3 atom stereocenters. The minimum atomic E-state index is -0.117. The monoisotopic (exact) mass is 211 g/mol. The fraction of sp³-hybridized carbons (Fsp3) is 0.917. The lowest BCUT2D eigenvalue weighted by Crippen LogP contribution is -2.50. The highest BCUT2D eigenvalue weighted by Crippen LogP contribution is 2.36. The topological polar surface area (TPSA) is 29.5 Å². The average molecular weight is 211 g/mol. The molecular formula is C12H21NO2. The summed E-state index contributed by atoms with van der Waals surface area (Å²) in [4.78, 5) is 13.5. The molecule has 3 unspecified atom stereocenters. The van der Waals surface area contributed by atoms with E-state index < -0.39 is 0 Å². The molecule has 0 radical (unpaired) electrons. The first kappa shape index (κ1) is 10.9. The Hall–Kier alpha value is -0.570. The molecule has 0 aromatic rings. The summed E-state index contributed by atoms with van der Waals surface area (Å²) >= 11 is 0. The van der Waals surface area contributed by atoms with Crippen LogP contribution in [0.4, 0.5) is 0 Å². The number of carbonyl (C=O) groups excluding carboxylic acids is 1. The van der Waals surface area contributed by atoms with Gasteiger partial charge in [-0.25, -0.2) is 0 Å². The second-order valence-electron chi connectivity index (χ2n) is 4.93. The molecule has 0 spiro atoms. The van der Waals surface area contributed by atoms with E-state index in [9.17, 15) is 4.79 Å². The second-order valence-corrected chi connectivity index (χ2v) is 4.93. The molecule has 1 saturated carbocycles. The van der Waals surface area contributed by atoms with Gasteiger partial charge < -0.3 is 9.64 Å². The zero-order valence-corrected chi connectivity index (χ0v) is 9.74. The van der Waals surface area contributed by atoms with Crippen molar-refractivity contribution in [2.24, 2.45) is 5.92 Å². The quantitative estimate of drug-likeness (QED) is 0.620. The number of carbonyl (C=O) groups is 1. The Morgan fingerprint density at radius 2 is 2.07 bits per heavy atom. The van der Waals surface area contributed by atoms with Gasteiger partial charge in [-0.3, -0.25) is 4.79 Å². The lowest BCUT2D eigenvalue weighted by Gasteiger charge is -2.45. The Morgan fingerprint density at radius 3 is 2.80 bits per heavy atom. The van der Waals surface area contributed by atoms with Gasteiger partial charge in [-0.05, 0) is 45.7 Å². The summed E-state index contributed by atoms with van der Waals surface area (Å²) in [5.74, 6) is 0.468. The molecule has 0 bridgehead atoms. The van der Waals surface area contributed by atoms with Crippen LogP contribution < -0.4 is 0 Å². The molecule has 2 aliphatic rings. The summed E-state index contributed by atoms with van der Waals surface area (Å²) in [5.41, 5.74) is 0. The van der Waals surface area contributed by atoms with Crippen LogP contribution in [0.25, 0.3) is 0 Å². The van der Waals surface area contributed by atoms with Gasteiger partial charge in [0.15, 0.2) is 0 Å². The van der Waals surface area contributed by atoms with Gasteiger partial charge in [0.05, 0.1) is 0 Å². The van der Waals surface area contributed by atoms with Gasteiger partial charge in [0, 0.05) is 18.9 Å². The molecule has 1 heterocycles. The first-order valence-corrected chi connectivity index (χ1v) is 6.06. The minimum Gasteiger partial charge on any atom is -0.462 e. The molecule has 2 rings (SSSR count). The number of hydrogen-bond acceptors (Lipinski definition) is 3. The summed E-state index contributed by atoms with van der Waals surface area (Å²) in [7, 11) is 2.20. The van der Waals surface area contributed by atoms with Crippen molar-refractivity contribution in [1.82, 2.24) is 4.90 Å². The number of likely N-dealkylation sites (tertiary alicyclic amines) is 1. The summed E-state index contributed by atoms with van der Waals surface area (Å²) < 4.78 is 5.44. The molecule has 0 aromatic carbocycles. The molecular weight excluding hydrogens is 190 g/mol. The van der Waals surface area contributed by atoms with E-state index in [1.54, 1.807) is 0 Å². The van der Waals surface area contributed by atoms with Crippen LogP contribution in [-0.4, -0.2) is 36.6 Å². The lowest BCUT2D eigenvalue weighted by atomic mass is 9.76. The van der Waals surface area contributed by atoms with Gasteiger partial charge in [0.1, 0.15) is 6.10 Å². The van der Waals surface area contributed by atoms with Crippen LogP contribution in [-0.2, 0) is 9.53 Å². The number of fused-ring (bicyclic) bond motifs is 1. The van der Waals surface area contributed by atoms with Crippen molar-refractivity contribution in [2.45, 2.75) is 51.2 Å². The molecule has 2 fully saturated rings. The third-order valence-electron chi connectivity index (χ3n) is 3.89. The third kappa shape index (κ3) is 2.33. The largest absolute Gasteiger partial charge is 0.462 e. The van der Waals surface area contributed by atoms with Crippen LogP contribution in [0.3, 0.4) is 0 Å². The molecule has 0 aromatic heterocycles. The number of hydrogen-bond donors (Lipinski definition) is 0. The van der Waals surface area contributed by atoms with Crippen molar-refractivity contribution in [3.05, 3.63) is 0 Å². The van der Waals surface area contributed by atoms with Crippen LogP contribution >= 0.6 is 0 Å². The Balaban J connectivity index is 2.03. The summed E-state index contributed by atoms with van der Waals surface area (Å²) in [5, 5.41) is 0. The SMILES string of the molecule is CC(=O)OC1CCCC2C1CCCN2C. The zero-order chi connectivity index (χ0) is 10.8. The second kappa shape index (κ2) is 4.52. The highest BCUT2D eigenvalue weighted by atomic mass is 16.5. The van der Waals surface area contributed by atoms with Crippen molar-refractivity contribution in [3.8, 4) is 0 Å². The van der Waals surface area contributed by atoms with Gasteiger partial charge in [-0.2, -0.15) is 0 Å². The predicted molar refractivity (Wildman–Crippen MR) is 58.5 cm³/mol. The highest BCUT2D eigenvalue weighted by Gasteiger charge is 2.38. The van der Waals surface area contributed by atoms with E-state index >= 15 is 0 Å². The van der Waals surface area contributed by atoms with Crippen LogP contribution in [0.1, 0.15) is 39.0 Å². The Bertz CT molecular complexity index is 242. The Morgan fingerprint density at radius 1 is 1.27 bits per heavy atom. The molecule has 1 aliphatic carbocycles. The zero-order valence-electron chi connectivity index (χ0n) is 9.74. The number of piperidine rings is 1. The molecule has 3 heteroatoms. The van der Waals surface area contributed by atoms with E-state index in [0.717, 1.165) is 6.42 Å². The molecule has 0 N–H and O–H groups in total. The minimum absolute atomic E-state index is 0.117. The molecule has 86 valence electrons. The standard InChI is InChI=1S/C12H21NO2/c1-9(14)15-12-7-3-6-11-10(12)5-4-8-13(11)2/h10-12H,3-8H2,1-2H3. The smallest absolute Gasteiger partial charge is 0.302 e. The molecule has 1 saturated heterocycles. The van der Waals surface area contributed by atoms with E-state index in [2.05, 4.69) is 11.9 Å². The summed E-state index contributed by atoms with van der Waals surface area (Å²) in [6.07, 6.45) is 6.20. The van der Waals surface area contributed by atoms with Gasteiger partial charge in [0.25, 0.3) is 0 Å². The summed E-state index contributed by atoms with van der Waals surface area (Å²) in [6.45, 7) is 2.73. The number of esters is 1. The lowest BCUT2D eigenvalue weighted by molar-refractivity contribution is -0.154. The van der Waals surface area contributed by atoms with Crippen molar-refractivity contribution >= 4 is 5.97 Å². The van der Waals surface area contributed by atoms with Crippen LogP contribution in [0, 0.1) is 5.92 Å². The first-order chi connectivity index (χ1) is 7.18.